The van der Waals surface area contributed by atoms with Gasteiger partial charge >= 0.3 is 0 Å². The van der Waals surface area contributed by atoms with Crippen LogP contribution in [0.25, 0.3) is 0 Å². The molecule has 0 spiro atoms. The number of hydrogen-bond donors (Lipinski definition) is 0. The van der Waals surface area contributed by atoms with Gasteiger partial charge in [-0.25, -0.2) is 0 Å². The van der Waals surface area contributed by atoms with Crippen LogP contribution in [0.1, 0.15) is 28.7 Å². The molecule has 2 aromatic rings. The fourth-order valence-electron chi connectivity index (χ4n) is 3.30. The van der Waals surface area contributed by atoms with E-state index in [1.54, 1.807) is 0 Å². The SMILES string of the molecule is Cc1ccccc1C.Cc1ccccc1CC1C[C@H]2CO[C@H](O2)C1=O. The molecule has 3 heteroatoms. The van der Waals surface area contributed by atoms with Gasteiger partial charge in [-0.15, -0.1) is 0 Å². The number of fused-ring (bicyclic) bond motifs is 2. The van der Waals surface area contributed by atoms with E-state index in [-0.39, 0.29) is 17.8 Å². The molecule has 3 atom stereocenters. The van der Waals surface area contributed by atoms with Gasteiger partial charge in [-0.1, -0.05) is 48.5 Å². The minimum absolute atomic E-state index is 0.0577. The smallest absolute Gasteiger partial charge is 0.218 e. The van der Waals surface area contributed by atoms with E-state index in [2.05, 4.69) is 57.2 Å². The highest BCUT2D eigenvalue weighted by Crippen LogP contribution is 2.31. The molecular formula is C22H26O3. The van der Waals surface area contributed by atoms with Gasteiger partial charge in [0.25, 0.3) is 0 Å². The second-order valence-corrected chi connectivity index (χ2v) is 6.97. The summed E-state index contributed by atoms with van der Waals surface area (Å²) >= 11 is 0. The van der Waals surface area contributed by atoms with Crippen LogP contribution in [-0.4, -0.2) is 24.8 Å². The topological polar surface area (TPSA) is 35.5 Å². The van der Waals surface area contributed by atoms with Gasteiger partial charge in [0.05, 0.1) is 12.7 Å². The van der Waals surface area contributed by atoms with Crippen LogP contribution in [0.5, 0.6) is 0 Å². The molecule has 0 aliphatic carbocycles. The summed E-state index contributed by atoms with van der Waals surface area (Å²) in [6, 6.07) is 16.6. The molecule has 0 aromatic heterocycles. The summed E-state index contributed by atoms with van der Waals surface area (Å²) in [4.78, 5) is 12.0. The second kappa shape index (κ2) is 7.94. The zero-order chi connectivity index (χ0) is 17.8. The van der Waals surface area contributed by atoms with Crippen LogP contribution in [0.2, 0.25) is 0 Å². The summed E-state index contributed by atoms with van der Waals surface area (Å²) in [5, 5.41) is 0. The normalized spacial score (nSPS) is 24.6. The van der Waals surface area contributed by atoms with E-state index in [4.69, 9.17) is 9.47 Å². The third-order valence-electron chi connectivity index (χ3n) is 5.08. The summed E-state index contributed by atoms with van der Waals surface area (Å²) in [6.07, 6.45) is 1.13. The first-order chi connectivity index (χ1) is 12.0. The van der Waals surface area contributed by atoms with Gasteiger partial charge in [-0.3, -0.25) is 4.79 Å². The van der Waals surface area contributed by atoms with Crippen LogP contribution in [0.15, 0.2) is 48.5 Å². The third-order valence-corrected chi connectivity index (χ3v) is 5.08. The Bertz CT molecular complexity index is 717. The quantitative estimate of drug-likeness (QED) is 0.824. The summed E-state index contributed by atoms with van der Waals surface area (Å²) in [5.74, 6) is 0.171. The standard InChI is InChI=1S/C14H16O3.C8H10/c1-9-4-2-3-5-10(9)6-11-7-12-8-16-14(17-12)13(11)15;1-7-5-3-4-6-8(7)2/h2-5,11-12,14H,6-8H2,1H3;3-6H,1-2H3/t11?,12-,14+;/m0./s1. The Morgan fingerprint density at radius 1 is 0.920 bits per heavy atom. The van der Waals surface area contributed by atoms with Crippen LogP contribution < -0.4 is 0 Å². The summed E-state index contributed by atoms with van der Waals surface area (Å²) < 4.78 is 10.8. The third kappa shape index (κ3) is 4.36. The van der Waals surface area contributed by atoms with Crippen molar-refractivity contribution in [2.45, 2.75) is 46.0 Å². The van der Waals surface area contributed by atoms with E-state index in [0.717, 1.165) is 12.8 Å². The first-order valence-electron chi connectivity index (χ1n) is 8.92. The number of hydrogen-bond acceptors (Lipinski definition) is 3. The highest BCUT2D eigenvalue weighted by Gasteiger charge is 2.42. The largest absolute Gasteiger partial charge is 0.343 e. The lowest BCUT2D eigenvalue weighted by Gasteiger charge is -2.25. The van der Waals surface area contributed by atoms with Crippen LogP contribution in [0.4, 0.5) is 0 Å². The van der Waals surface area contributed by atoms with Gasteiger partial charge in [-0.05, 0) is 55.9 Å². The summed E-state index contributed by atoms with van der Waals surface area (Å²) in [6.45, 7) is 6.90. The number of rotatable bonds is 2. The molecule has 2 aliphatic heterocycles. The molecule has 0 radical (unpaired) electrons. The summed E-state index contributed by atoms with van der Waals surface area (Å²) in [5.41, 5.74) is 5.24. The molecule has 0 saturated carbocycles. The average molecular weight is 338 g/mol. The Morgan fingerprint density at radius 2 is 1.52 bits per heavy atom. The maximum atomic E-state index is 12.0. The molecule has 2 aromatic carbocycles. The molecular weight excluding hydrogens is 312 g/mol. The number of carbonyl (C=O) groups excluding carboxylic acids is 1. The van der Waals surface area contributed by atoms with Crippen molar-refractivity contribution < 1.29 is 14.3 Å². The number of carbonyl (C=O) groups is 1. The van der Waals surface area contributed by atoms with E-state index >= 15 is 0 Å². The molecule has 132 valence electrons. The molecule has 2 heterocycles. The van der Waals surface area contributed by atoms with Crippen molar-refractivity contribution in [2.75, 3.05) is 6.61 Å². The van der Waals surface area contributed by atoms with E-state index in [9.17, 15) is 4.79 Å². The Labute approximate surface area is 150 Å². The Kier molecular flexibility index (Phi) is 5.67. The summed E-state index contributed by atoms with van der Waals surface area (Å²) in [7, 11) is 0. The van der Waals surface area contributed by atoms with Crippen molar-refractivity contribution in [3.8, 4) is 0 Å². The van der Waals surface area contributed by atoms with Crippen molar-refractivity contribution in [3.05, 3.63) is 70.8 Å². The molecule has 2 saturated heterocycles. The second-order valence-electron chi connectivity index (χ2n) is 6.97. The molecule has 25 heavy (non-hydrogen) atoms. The first kappa shape index (κ1) is 17.8. The predicted octanol–water partition coefficient (Wildman–Crippen LogP) is 4.17. The first-order valence-corrected chi connectivity index (χ1v) is 8.92. The van der Waals surface area contributed by atoms with E-state index < -0.39 is 6.29 Å². The number of benzene rings is 2. The van der Waals surface area contributed by atoms with Gasteiger partial charge in [0.1, 0.15) is 0 Å². The molecule has 4 rings (SSSR count). The van der Waals surface area contributed by atoms with Gasteiger partial charge in [0, 0.05) is 5.92 Å². The number of aryl methyl sites for hydroxylation is 3. The van der Waals surface area contributed by atoms with Crippen molar-refractivity contribution in [3.63, 3.8) is 0 Å². The van der Waals surface area contributed by atoms with Crippen molar-refractivity contribution >= 4 is 5.78 Å². The lowest BCUT2D eigenvalue weighted by Crippen LogP contribution is -2.37. The zero-order valence-electron chi connectivity index (χ0n) is 15.2. The zero-order valence-corrected chi connectivity index (χ0v) is 15.2. The molecule has 0 N–H and O–H groups in total. The monoisotopic (exact) mass is 338 g/mol. The lowest BCUT2D eigenvalue weighted by atomic mass is 9.87. The number of ether oxygens (including phenoxy) is 2. The van der Waals surface area contributed by atoms with Gasteiger partial charge in [0.2, 0.25) is 6.29 Å². The predicted molar refractivity (Wildman–Crippen MR) is 98.5 cm³/mol. The fraction of sp³-hybridized carbons (Fsp3) is 0.409. The Morgan fingerprint density at radius 3 is 2.12 bits per heavy atom. The molecule has 2 bridgehead atoms. The maximum absolute atomic E-state index is 12.0. The van der Waals surface area contributed by atoms with Gasteiger partial charge in [-0.2, -0.15) is 0 Å². The van der Waals surface area contributed by atoms with E-state index in [0.29, 0.717) is 6.61 Å². The van der Waals surface area contributed by atoms with Crippen LogP contribution in [0, 0.1) is 26.7 Å². The highest BCUT2D eigenvalue weighted by atomic mass is 16.7. The minimum Gasteiger partial charge on any atom is -0.343 e. The number of Topliss-reactive ketones (excluding diaryl/α,β-unsaturated/α-hetero) is 1. The van der Waals surface area contributed by atoms with Crippen LogP contribution in [-0.2, 0) is 20.7 Å². The highest BCUT2D eigenvalue weighted by molar-refractivity contribution is 5.85. The molecule has 1 unspecified atom stereocenters. The van der Waals surface area contributed by atoms with Crippen molar-refractivity contribution in [2.24, 2.45) is 5.92 Å². The van der Waals surface area contributed by atoms with E-state index in [1.165, 1.54) is 22.3 Å². The Balaban J connectivity index is 0.000000192. The molecule has 0 amide bonds. The molecule has 2 fully saturated rings. The van der Waals surface area contributed by atoms with Crippen LogP contribution >= 0.6 is 0 Å². The van der Waals surface area contributed by atoms with Crippen molar-refractivity contribution in [1.82, 2.24) is 0 Å². The Hall–Kier alpha value is -1.97. The van der Waals surface area contributed by atoms with Gasteiger partial charge < -0.3 is 9.47 Å². The lowest BCUT2D eigenvalue weighted by molar-refractivity contribution is -0.158. The van der Waals surface area contributed by atoms with Crippen molar-refractivity contribution in [1.29, 1.82) is 0 Å². The fourth-order valence-corrected chi connectivity index (χ4v) is 3.30. The molecule has 2 aliphatic rings. The minimum atomic E-state index is -0.595. The maximum Gasteiger partial charge on any atom is 0.218 e. The average Bonchev–Trinajstić information content (AvgIpc) is 3.02. The number of ketones is 1. The van der Waals surface area contributed by atoms with E-state index in [1.807, 2.05) is 12.1 Å². The molecule has 3 nitrogen and oxygen atoms in total. The van der Waals surface area contributed by atoms with Gasteiger partial charge in [0.15, 0.2) is 5.78 Å². The van der Waals surface area contributed by atoms with Crippen LogP contribution in [0.3, 0.4) is 0 Å².